The molecule has 1 aromatic rings. The molecule has 0 aromatic heterocycles. The summed E-state index contributed by atoms with van der Waals surface area (Å²) in [6.45, 7) is 0.427. The molecule has 0 bridgehead atoms. The molecular weight excluding hydrogens is 188 g/mol. The van der Waals surface area contributed by atoms with Crippen molar-refractivity contribution < 1.29 is 13.5 Å². The van der Waals surface area contributed by atoms with Crippen molar-refractivity contribution >= 4 is 0 Å². The molecule has 0 spiro atoms. The monoisotopic (exact) mass is 200 g/mol. The number of rotatable bonds is 4. The van der Waals surface area contributed by atoms with Crippen LogP contribution in [0.1, 0.15) is 12.5 Å². The first kappa shape index (κ1) is 10.9. The average molecular weight is 200 g/mol. The number of hydrogen-bond acceptors (Lipinski definition) is 2. The van der Waals surface area contributed by atoms with Crippen LogP contribution < -0.4 is 10.5 Å². The topological polar surface area (TPSA) is 35.2 Å². The fourth-order valence-corrected chi connectivity index (χ4v) is 0.955. The van der Waals surface area contributed by atoms with Crippen molar-refractivity contribution in [3.63, 3.8) is 0 Å². The van der Waals surface area contributed by atoms with Crippen LogP contribution in [-0.2, 0) is 6.54 Å². The van der Waals surface area contributed by atoms with E-state index in [1.54, 1.807) is 18.2 Å². The normalized spacial score (nSPS) is 11.4. The first-order valence-corrected chi connectivity index (χ1v) is 4.22. The number of benzene rings is 1. The van der Waals surface area contributed by atoms with E-state index in [4.69, 9.17) is 10.5 Å². The minimum Gasteiger partial charge on any atom is -0.487 e. The summed E-state index contributed by atoms with van der Waals surface area (Å²) in [5.74, 6) is -2.43. The predicted molar refractivity (Wildman–Crippen MR) is 49.3 cm³/mol. The molecule has 0 unspecified atom stereocenters. The number of alkyl halides is 2. The minimum atomic E-state index is -2.83. The third-order valence-corrected chi connectivity index (χ3v) is 1.61. The Morgan fingerprint density at radius 3 is 2.86 bits per heavy atom. The lowest BCUT2D eigenvalue weighted by molar-refractivity contribution is -0.0232. The van der Waals surface area contributed by atoms with Crippen molar-refractivity contribution in [3.05, 3.63) is 29.8 Å². The Labute approximate surface area is 81.7 Å². The molecule has 0 saturated heterocycles. The van der Waals surface area contributed by atoms with E-state index in [1.165, 1.54) is 0 Å². The summed E-state index contributed by atoms with van der Waals surface area (Å²) >= 11 is 0. The van der Waals surface area contributed by atoms with E-state index in [2.05, 4.69) is 6.07 Å². The summed E-state index contributed by atoms with van der Waals surface area (Å²) in [5, 5.41) is 0. The highest BCUT2D eigenvalue weighted by atomic mass is 19.3. The van der Waals surface area contributed by atoms with Gasteiger partial charge in [-0.2, -0.15) is 0 Å². The quantitative estimate of drug-likeness (QED) is 0.806. The molecule has 0 fully saturated rings. The Hall–Kier alpha value is -1.16. The van der Waals surface area contributed by atoms with Crippen LogP contribution in [0.2, 0.25) is 0 Å². The third-order valence-electron chi connectivity index (χ3n) is 1.61. The van der Waals surface area contributed by atoms with E-state index in [9.17, 15) is 8.78 Å². The zero-order valence-corrected chi connectivity index (χ0v) is 7.89. The summed E-state index contributed by atoms with van der Waals surface area (Å²) < 4.78 is 29.9. The van der Waals surface area contributed by atoms with Gasteiger partial charge in [-0.3, -0.25) is 0 Å². The predicted octanol–water partition coefficient (Wildman–Crippen LogP) is 1.98. The van der Waals surface area contributed by atoms with Crippen LogP contribution in [0.3, 0.4) is 0 Å². The molecule has 1 rings (SSSR count). The van der Waals surface area contributed by atoms with Gasteiger partial charge in [0.15, 0.2) is 6.61 Å². The number of ether oxygens (including phenoxy) is 1. The molecule has 1 radical (unpaired) electrons. The zero-order valence-electron chi connectivity index (χ0n) is 7.89. The maximum Gasteiger partial charge on any atom is 0.278 e. The zero-order chi connectivity index (χ0) is 10.6. The van der Waals surface area contributed by atoms with Crippen LogP contribution in [0.15, 0.2) is 18.2 Å². The fraction of sp³-hybridized carbons (Fsp3) is 0.400. The second kappa shape index (κ2) is 4.37. The van der Waals surface area contributed by atoms with Gasteiger partial charge >= 0.3 is 0 Å². The van der Waals surface area contributed by atoms with Crippen LogP contribution in [0.5, 0.6) is 5.75 Å². The lowest BCUT2D eigenvalue weighted by atomic mass is 10.2. The molecule has 0 aliphatic rings. The molecule has 0 saturated carbocycles. The van der Waals surface area contributed by atoms with Crippen LogP contribution in [0, 0.1) is 6.07 Å². The standard InChI is InChI=1S/C10H12F2NO/c1-10(11,12)7-14-9-5-3-2-4-8(9)6-13/h3-5H,6-7,13H2,1H3. The molecule has 4 heteroatoms. The van der Waals surface area contributed by atoms with Crippen molar-refractivity contribution in [2.75, 3.05) is 6.61 Å². The molecule has 0 amide bonds. The highest BCUT2D eigenvalue weighted by Crippen LogP contribution is 2.20. The summed E-state index contributed by atoms with van der Waals surface area (Å²) in [4.78, 5) is 0. The maximum atomic E-state index is 12.5. The van der Waals surface area contributed by atoms with Gasteiger partial charge < -0.3 is 10.5 Å². The number of nitrogens with two attached hydrogens (primary N) is 1. The Balaban J connectivity index is 2.67. The fourth-order valence-electron chi connectivity index (χ4n) is 0.955. The van der Waals surface area contributed by atoms with E-state index < -0.39 is 12.5 Å². The largest absolute Gasteiger partial charge is 0.487 e. The van der Waals surface area contributed by atoms with Crippen molar-refractivity contribution in [2.24, 2.45) is 5.73 Å². The number of halogens is 2. The first-order chi connectivity index (χ1) is 6.53. The summed E-state index contributed by atoms with van der Waals surface area (Å²) in [5.41, 5.74) is 6.08. The van der Waals surface area contributed by atoms with Crippen LogP contribution in [-0.4, -0.2) is 12.5 Å². The van der Waals surface area contributed by atoms with Crippen molar-refractivity contribution in [3.8, 4) is 5.75 Å². The van der Waals surface area contributed by atoms with Gasteiger partial charge in [0.05, 0.1) is 0 Å². The van der Waals surface area contributed by atoms with Crippen molar-refractivity contribution in [1.29, 1.82) is 0 Å². The van der Waals surface area contributed by atoms with E-state index in [-0.39, 0.29) is 6.54 Å². The second-order valence-electron chi connectivity index (χ2n) is 3.10. The molecule has 1 aromatic carbocycles. The van der Waals surface area contributed by atoms with E-state index in [0.717, 1.165) is 6.92 Å². The smallest absolute Gasteiger partial charge is 0.278 e. The van der Waals surface area contributed by atoms with Crippen LogP contribution in [0.25, 0.3) is 0 Å². The molecule has 0 heterocycles. The van der Waals surface area contributed by atoms with E-state index in [0.29, 0.717) is 11.3 Å². The lowest BCUT2D eigenvalue weighted by Crippen LogP contribution is -2.21. The van der Waals surface area contributed by atoms with E-state index in [1.807, 2.05) is 0 Å². The molecular formula is C10H12F2NO. The van der Waals surface area contributed by atoms with Crippen LogP contribution in [0.4, 0.5) is 8.78 Å². The highest BCUT2D eigenvalue weighted by Gasteiger charge is 2.22. The van der Waals surface area contributed by atoms with Gasteiger partial charge in [0.2, 0.25) is 0 Å². The summed E-state index contributed by atoms with van der Waals surface area (Å²) in [6.07, 6.45) is 0. The van der Waals surface area contributed by atoms with E-state index >= 15 is 0 Å². The minimum absolute atomic E-state index is 0.252. The molecule has 0 aliphatic heterocycles. The third kappa shape index (κ3) is 3.30. The van der Waals surface area contributed by atoms with Crippen molar-refractivity contribution in [2.45, 2.75) is 19.4 Å². The van der Waals surface area contributed by atoms with Gasteiger partial charge in [-0.05, 0) is 18.2 Å². The van der Waals surface area contributed by atoms with Crippen LogP contribution >= 0.6 is 0 Å². The first-order valence-electron chi connectivity index (χ1n) is 4.22. The Morgan fingerprint density at radius 2 is 2.29 bits per heavy atom. The molecule has 0 atom stereocenters. The van der Waals surface area contributed by atoms with Gasteiger partial charge in [0.1, 0.15) is 5.75 Å². The van der Waals surface area contributed by atoms with Gasteiger partial charge in [-0.25, -0.2) is 8.78 Å². The molecule has 2 N–H and O–H groups in total. The van der Waals surface area contributed by atoms with Gasteiger partial charge in [-0.1, -0.05) is 6.07 Å². The number of hydrogen-bond donors (Lipinski definition) is 1. The lowest BCUT2D eigenvalue weighted by Gasteiger charge is -2.13. The molecule has 0 aliphatic carbocycles. The Kier molecular flexibility index (Phi) is 3.41. The Morgan fingerprint density at radius 1 is 1.57 bits per heavy atom. The summed E-state index contributed by atoms with van der Waals surface area (Å²) in [7, 11) is 0. The van der Waals surface area contributed by atoms with Gasteiger partial charge in [-0.15, -0.1) is 0 Å². The maximum absolute atomic E-state index is 12.5. The SMILES string of the molecule is CC(F)(F)COc1cc[c]cc1CN. The van der Waals surface area contributed by atoms with Gasteiger partial charge in [0, 0.05) is 19.0 Å². The molecule has 77 valence electrons. The average Bonchev–Trinajstić information content (AvgIpc) is 2.14. The van der Waals surface area contributed by atoms with Gasteiger partial charge in [0.25, 0.3) is 5.92 Å². The highest BCUT2D eigenvalue weighted by molar-refractivity contribution is 5.32. The summed E-state index contributed by atoms with van der Waals surface area (Å²) in [6, 6.07) is 7.61. The van der Waals surface area contributed by atoms with Crippen molar-refractivity contribution in [1.82, 2.24) is 0 Å². The Bertz CT molecular complexity index is 296. The molecule has 14 heavy (non-hydrogen) atoms. The molecule has 2 nitrogen and oxygen atoms in total. The second-order valence-corrected chi connectivity index (χ2v) is 3.10.